The van der Waals surface area contributed by atoms with E-state index in [4.69, 9.17) is 9.26 Å². The lowest BCUT2D eigenvalue weighted by Crippen LogP contribution is -2.39. The summed E-state index contributed by atoms with van der Waals surface area (Å²) in [4.78, 5) is 0. The first kappa shape index (κ1) is 12.2. The van der Waals surface area contributed by atoms with Gasteiger partial charge in [-0.05, 0) is 30.4 Å². The number of ether oxygens (including phenoxy) is 1. The summed E-state index contributed by atoms with van der Waals surface area (Å²) in [5.74, 6) is 2.49. The van der Waals surface area contributed by atoms with Crippen molar-refractivity contribution in [3.8, 4) is 5.75 Å². The molecule has 19 heavy (non-hydrogen) atoms. The number of para-hydroxylation sites is 1. The van der Waals surface area contributed by atoms with E-state index in [1.54, 1.807) is 13.3 Å². The zero-order valence-corrected chi connectivity index (χ0v) is 11.0. The molecule has 3 rings (SSSR count). The van der Waals surface area contributed by atoms with E-state index in [2.05, 4.69) is 22.6 Å². The standard InChI is InChI=1S/C15H18N2O2/c1-18-15-5-3-2-4-14(15)11-8-12(9-11)16-10-13-6-7-17-19-13/h2-7,11-12,16H,8-10H2,1H3. The molecule has 4 heteroatoms. The Labute approximate surface area is 112 Å². The molecule has 0 unspecified atom stereocenters. The van der Waals surface area contributed by atoms with Gasteiger partial charge in [-0.3, -0.25) is 0 Å². The van der Waals surface area contributed by atoms with Gasteiger partial charge >= 0.3 is 0 Å². The van der Waals surface area contributed by atoms with Crippen molar-refractivity contribution in [3.05, 3.63) is 47.9 Å². The van der Waals surface area contributed by atoms with Crippen LogP contribution >= 0.6 is 0 Å². The summed E-state index contributed by atoms with van der Waals surface area (Å²) < 4.78 is 10.5. The highest BCUT2D eigenvalue weighted by Gasteiger charge is 2.31. The Bertz CT molecular complexity index is 519. The van der Waals surface area contributed by atoms with Crippen molar-refractivity contribution in [2.75, 3.05) is 7.11 Å². The molecule has 0 spiro atoms. The topological polar surface area (TPSA) is 47.3 Å². The van der Waals surface area contributed by atoms with Gasteiger partial charge in [0.1, 0.15) is 11.5 Å². The molecule has 1 aliphatic carbocycles. The highest BCUT2D eigenvalue weighted by molar-refractivity contribution is 5.37. The quantitative estimate of drug-likeness (QED) is 0.895. The summed E-state index contributed by atoms with van der Waals surface area (Å²) in [6.07, 6.45) is 3.97. The van der Waals surface area contributed by atoms with Crippen molar-refractivity contribution in [2.45, 2.75) is 31.3 Å². The first-order chi connectivity index (χ1) is 9.36. The number of rotatable bonds is 5. The van der Waals surface area contributed by atoms with Gasteiger partial charge in [-0.25, -0.2) is 0 Å². The Hall–Kier alpha value is -1.81. The minimum atomic E-state index is 0.556. The number of nitrogens with zero attached hydrogens (tertiary/aromatic N) is 1. The van der Waals surface area contributed by atoms with E-state index < -0.39 is 0 Å². The second kappa shape index (κ2) is 5.45. The molecule has 0 saturated heterocycles. The van der Waals surface area contributed by atoms with Gasteiger partial charge in [0.2, 0.25) is 0 Å². The van der Waals surface area contributed by atoms with Crippen LogP contribution in [0.3, 0.4) is 0 Å². The van der Waals surface area contributed by atoms with E-state index in [-0.39, 0.29) is 0 Å². The minimum absolute atomic E-state index is 0.556. The van der Waals surface area contributed by atoms with Gasteiger partial charge in [-0.1, -0.05) is 23.4 Å². The Kier molecular flexibility index (Phi) is 3.51. The molecule has 1 N–H and O–H groups in total. The van der Waals surface area contributed by atoms with Crippen molar-refractivity contribution in [1.82, 2.24) is 10.5 Å². The van der Waals surface area contributed by atoms with Crippen LogP contribution in [0.1, 0.15) is 30.1 Å². The van der Waals surface area contributed by atoms with Crippen LogP contribution in [0.15, 0.2) is 41.1 Å². The maximum absolute atomic E-state index is 5.41. The SMILES string of the molecule is COc1ccccc1C1CC(NCc2ccno2)C1. The van der Waals surface area contributed by atoms with Gasteiger partial charge in [-0.2, -0.15) is 0 Å². The van der Waals surface area contributed by atoms with Crippen molar-refractivity contribution >= 4 is 0 Å². The largest absolute Gasteiger partial charge is 0.496 e. The first-order valence-corrected chi connectivity index (χ1v) is 6.62. The molecule has 1 saturated carbocycles. The van der Waals surface area contributed by atoms with Crippen LogP contribution in [-0.4, -0.2) is 18.3 Å². The third-order valence-corrected chi connectivity index (χ3v) is 3.77. The molecule has 0 amide bonds. The fourth-order valence-electron chi connectivity index (χ4n) is 2.62. The summed E-state index contributed by atoms with van der Waals surface area (Å²) in [7, 11) is 1.73. The van der Waals surface area contributed by atoms with Crippen LogP contribution in [0.25, 0.3) is 0 Å². The van der Waals surface area contributed by atoms with E-state index in [0.29, 0.717) is 12.0 Å². The van der Waals surface area contributed by atoms with E-state index in [9.17, 15) is 0 Å². The van der Waals surface area contributed by atoms with Crippen molar-refractivity contribution < 1.29 is 9.26 Å². The Balaban J connectivity index is 1.52. The zero-order chi connectivity index (χ0) is 13.1. The fourth-order valence-corrected chi connectivity index (χ4v) is 2.62. The number of aromatic nitrogens is 1. The van der Waals surface area contributed by atoms with Crippen LogP contribution in [0.2, 0.25) is 0 Å². The van der Waals surface area contributed by atoms with Gasteiger partial charge in [0.05, 0.1) is 19.9 Å². The molecule has 4 nitrogen and oxygen atoms in total. The lowest BCUT2D eigenvalue weighted by atomic mass is 9.75. The smallest absolute Gasteiger partial charge is 0.150 e. The summed E-state index contributed by atoms with van der Waals surface area (Å²) in [5.41, 5.74) is 1.32. The van der Waals surface area contributed by atoms with Crippen molar-refractivity contribution in [1.29, 1.82) is 0 Å². The molecule has 1 fully saturated rings. The monoisotopic (exact) mass is 258 g/mol. The molecule has 0 atom stereocenters. The van der Waals surface area contributed by atoms with Crippen LogP contribution in [0, 0.1) is 0 Å². The van der Waals surface area contributed by atoms with Crippen molar-refractivity contribution in [2.24, 2.45) is 0 Å². The highest BCUT2D eigenvalue weighted by atomic mass is 16.5. The van der Waals surface area contributed by atoms with Crippen LogP contribution < -0.4 is 10.1 Å². The van der Waals surface area contributed by atoms with Crippen LogP contribution in [0.5, 0.6) is 5.75 Å². The summed E-state index contributed by atoms with van der Waals surface area (Å²) >= 11 is 0. The average Bonchev–Trinajstić information content (AvgIpc) is 2.90. The third-order valence-electron chi connectivity index (χ3n) is 3.77. The van der Waals surface area contributed by atoms with E-state index >= 15 is 0 Å². The maximum Gasteiger partial charge on any atom is 0.150 e. The molecule has 1 aromatic carbocycles. The number of hydrogen-bond acceptors (Lipinski definition) is 4. The Morgan fingerprint density at radius 3 is 2.89 bits per heavy atom. The van der Waals surface area contributed by atoms with Gasteiger partial charge in [0, 0.05) is 12.1 Å². The minimum Gasteiger partial charge on any atom is -0.496 e. The predicted octanol–water partition coefficient (Wildman–Crippen LogP) is 2.72. The van der Waals surface area contributed by atoms with Gasteiger partial charge in [0.25, 0.3) is 0 Å². The predicted molar refractivity (Wildman–Crippen MR) is 72.1 cm³/mol. The van der Waals surface area contributed by atoms with E-state index in [1.807, 2.05) is 18.2 Å². The summed E-state index contributed by atoms with van der Waals surface area (Å²) in [6, 6.07) is 10.7. The summed E-state index contributed by atoms with van der Waals surface area (Å²) in [6.45, 7) is 0.753. The number of benzene rings is 1. The molecule has 100 valence electrons. The molecule has 0 radical (unpaired) electrons. The molecule has 1 aliphatic rings. The third kappa shape index (κ3) is 2.63. The molecule has 2 aromatic rings. The Morgan fingerprint density at radius 2 is 2.16 bits per heavy atom. The van der Waals surface area contributed by atoms with E-state index in [1.165, 1.54) is 5.56 Å². The fraction of sp³-hybridized carbons (Fsp3) is 0.400. The highest BCUT2D eigenvalue weighted by Crippen LogP contribution is 2.40. The van der Waals surface area contributed by atoms with Crippen molar-refractivity contribution in [3.63, 3.8) is 0 Å². The second-order valence-corrected chi connectivity index (χ2v) is 4.97. The second-order valence-electron chi connectivity index (χ2n) is 4.97. The van der Waals surface area contributed by atoms with Crippen LogP contribution in [-0.2, 0) is 6.54 Å². The van der Waals surface area contributed by atoms with Gasteiger partial charge in [0.15, 0.2) is 0 Å². The Morgan fingerprint density at radius 1 is 1.32 bits per heavy atom. The zero-order valence-electron chi connectivity index (χ0n) is 11.0. The molecular weight excluding hydrogens is 240 g/mol. The molecule has 0 aliphatic heterocycles. The van der Waals surface area contributed by atoms with E-state index in [0.717, 1.165) is 30.9 Å². The first-order valence-electron chi connectivity index (χ1n) is 6.62. The molecular formula is C15H18N2O2. The summed E-state index contributed by atoms with van der Waals surface area (Å²) in [5, 5.41) is 7.18. The number of nitrogens with one attached hydrogen (secondary N) is 1. The van der Waals surface area contributed by atoms with Gasteiger partial charge in [-0.15, -0.1) is 0 Å². The lowest BCUT2D eigenvalue weighted by molar-refractivity contribution is 0.268. The molecule has 0 bridgehead atoms. The number of methoxy groups -OCH3 is 1. The normalized spacial score (nSPS) is 21.9. The molecule has 1 aromatic heterocycles. The maximum atomic E-state index is 5.41. The lowest BCUT2D eigenvalue weighted by Gasteiger charge is -2.36. The molecule has 1 heterocycles. The van der Waals surface area contributed by atoms with Gasteiger partial charge < -0.3 is 14.6 Å². The average molecular weight is 258 g/mol. The number of hydrogen-bond donors (Lipinski definition) is 1. The van der Waals surface area contributed by atoms with Crippen LogP contribution in [0.4, 0.5) is 0 Å².